The number of esters is 1. The van der Waals surface area contributed by atoms with Gasteiger partial charge in [0.1, 0.15) is 16.9 Å². The van der Waals surface area contributed by atoms with E-state index in [0.29, 0.717) is 12.5 Å². The third kappa shape index (κ3) is 5.82. The van der Waals surface area contributed by atoms with Gasteiger partial charge in [-0.15, -0.1) is 11.8 Å². The number of nitrogens with one attached hydrogen (secondary N) is 1. The van der Waals surface area contributed by atoms with Crippen molar-refractivity contribution < 1.29 is 23.1 Å². The zero-order valence-electron chi connectivity index (χ0n) is 13.6. The van der Waals surface area contributed by atoms with Crippen molar-refractivity contribution in [2.75, 3.05) is 5.32 Å². The van der Waals surface area contributed by atoms with Gasteiger partial charge in [-0.3, -0.25) is 9.59 Å². The molecule has 0 heterocycles. The van der Waals surface area contributed by atoms with E-state index < -0.39 is 22.9 Å². The first-order valence-corrected chi connectivity index (χ1v) is 8.32. The van der Waals surface area contributed by atoms with Crippen LogP contribution in [0.1, 0.15) is 40.5 Å². The fraction of sp³-hybridized carbons (Fsp3) is 0.500. The minimum Gasteiger partial charge on any atom is -0.462 e. The molecular weight excluding hydrogens is 324 g/mol. The highest BCUT2D eigenvalue weighted by Gasteiger charge is 2.23. The van der Waals surface area contributed by atoms with Crippen molar-refractivity contribution in [3.05, 3.63) is 23.8 Å². The predicted molar refractivity (Wildman–Crippen MR) is 86.4 cm³/mol. The van der Waals surface area contributed by atoms with E-state index in [2.05, 4.69) is 5.32 Å². The summed E-state index contributed by atoms with van der Waals surface area (Å²) < 4.78 is 32.8. The first-order valence-electron chi connectivity index (χ1n) is 7.44. The topological polar surface area (TPSA) is 55.4 Å². The van der Waals surface area contributed by atoms with Crippen molar-refractivity contribution >= 4 is 29.3 Å². The fourth-order valence-corrected chi connectivity index (χ4v) is 2.70. The van der Waals surface area contributed by atoms with Crippen LogP contribution in [-0.2, 0) is 14.3 Å². The van der Waals surface area contributed by atoms with Gasteiger partial charge in [-0.2, -0.15) is 0 Å². The lowest BCUT2D eigenvalue weighted by atomic mass is 10.3. The summed E-state index contributed by atoms with van der Waals surface area (Å²) in [7, 11) is 0. The number of halogens is 2. The summed E-state index contributed by atoms with van der Waals surface area (Å²) in [5, 5.41) is 1.77. The molecule has 0 spiro atoms. The van der Waals surface area contributed by atoms with Gasteiger partial charge < -0.3 is 10.1 Å². The molecule has 0 bridgehead atoms. The number of hydrogen-bond acceptors (Lipinski definition) is 4. The van der Waals surface area contributed by atoms with Crippen LogP contribution in [-0.4, -0.2) is 23.2 Å². The van der Waals surface area contributed by atoms with Gasteiger partial charge >= 0.3 is 5.97 Å². The van der Waals surface area contributed by atoms with Gasteiger partial charge in [0, 0.05) is 17.4 Å². The number of amides is 1. The average Bonchev–Trinajstić information content (AvgIpc) is 2.47. The lowest BCUT2D eigenvalue weighted by molar-refractivity contribution is -0.146. The van der Waals surface area contributed by atoms with E-state index in [9.17, 15) is 18.4 Å². The summed E-state index contributed by atoms with van der Waals surface area (Å²) in [5.74, 6) is -2.46. The van der Waals surface area contributed by atoms with Crippen LogP contribution in [0.25, 0.3) is 0 Å². The fourth-order valence-electron chi connectivity index (χ4n) is 1.71. The second-order valence-electron chi connectivity index (χ2n) is 5.16. The highest BCUT2D eigenvalue weighted by molar-refractivity contribution is 8.00. The maximum absolute atomic E-state index is 13.9. The quantitative estimate of drug-likeness (QED) is 0.596. The summed E-state index contributed by atoms with van der Waals surface area (Å²) in [4.78, 5) is 23.4. The number of carbonyl (C=O) groups excluding carboxylic acids is 2. The van der Waals surface area contributed by atoms with E-state index in [1.54, 1.807) is 27.7 Å². The Balaban J connectivity index is 2.99. The van der Waals surface area contributed by atoms with Crippen molar-refractivity contribution in [2.45, 2.75) is 56.8 Å². The van der Waals surface area contributed by atoms with E-state index in [4.69, 9.17) is 4.74 Å². The van der Waals surface area contributed by atoms with Gasteiger partial charge in [-0.05, 0) is 26.3 Å². The van der Waals surface area contributed by atoms with Gasteiger partial charge in [0.2, 0.25) is 5.91 Å². The minimum absolute atomic E-state index is 0.0883. The third-order valence-corrected chi connectivity index (χ3v) is 4.25. The molecule has 1 aromatic carbocycles. The molecule has 0 fully saturated rings. The first-order chi connectivity index (χ1) is 10.8. The van der Waals surface area contributed by atoms with Crippen LogP contribution in [0.4, 0.5) is 14.5 Å². The molecule has 0 aliphatic rings. The molecule has 0 aliphatic heterocycles. The summed E-state index contributed by atoms with van der Waals surface area (Å²) >= 11 is 0.955. The standard InChI is InChI=1S/C16H21F2NO3S/c1-5-13(16(21)22-9(3)4)23-14-8-12(19-15(20)6-2)10(17)7-11(14)18/h7-9,13H,5-6H2,1-4H3,(H,19,20). The number of carbonyl (C=O) groups is 2. The third-order valence-electron chi connectivity index (χ3n) is 2.87. The van der Waals surface area contributed by atoms with Gasteiger partial charge in [0.25, 0.3) is 0 Å². The van der Waals surface area contributed by atoms with Crippen molar-refractivity contribution in [3.63, 3.8) is 0 Å². The molecule has 0 saturated carbocycles. The monoisotopic (exact) mass is 345 g/mol. The molecule has 4 nitrogen and oxygen atoms in total. The molecule has 1 unspecified atom stereocenters. The van der Waals surface area contributed by atoms with Crippen LogP contribution in [0.5, 0.6) is 0 Å². The Morgan fingerprint density at radius 3 is 2.39 bits per heavy atom. The molecule has 7 heteroatoms. The van der Waals surface area contributed by atoms with Gasteiger partial charge in [0.05, 0.1) is 11.8 Å². The van der Waals surface area contributed by atoms with Crippen LogP contribution < -0.4 is 5.32 Å². The van der Waals surface area contributed by atoms with Crippen molar-refractivity contribution in [2.24, 2.45) is 0 Å². The smallest absolute Gasteiger partial charge is 0.319 e. The summed E-state index contributed by atoms with van der Waals surface area (Å²) in [5.41, 5.74) is -0.104. The van der Waals surface area contributed by atoms with Crippen LogP contribution in [0, 0.1) is 11.6 Å². The SMILES string of the molecule is CCC(=O)Nc1cc(SC(CC)C(=O)OC(C)C)c(F)cc1F. The molecular formula is C16H21F2NO3S. The van der Waals surface area contributed by atoms with Crippen molar-refractivity contribution in [1.29, 1.82) is 0 Å². The maximum Gasteiger partial charge on any atom is 0.319 e. The average molecular weight is 345 g/mol. The highest BCUT2D eigenvalue weighted by Crippen LogP contribution is 2.32. The van der Waals surface area contributed by atoms with Crippen molar-refractivity contribution in [1.82, 2.24) is 0 Å². The Labute approximate surface area is 139 Å². The first kappa shape index (κ1) is 19.4. The van der Waals surface area contributed by atoms with E-state index in [1.165, 1.54) is 6.07 Å². The second-order valence-corrected chi connectivity index (χ2v) is 6.41. The molecule has 0 aliphatic carbocycles. The summed E-state index contributed by atoms with van der Waals surface area (Å²) in [6.45, 7) is 6.86. The molecule has 128 valence electrons. The zero-order chi connectivity index (χ0) is 17.6. The Kier molecular flexibility index (Phi) is 7.48. The number of hydrogen-bond donors (Lipinski definition) is 1. The Bertz CT molecular complexity index is 579. The van der Waals surface area contributed by atoms with E-state index in [1.807, 2.05) is 0 Å². The second kappa shape index (κ2) is 8.86. The molecule has 1 amide bonds. The van der Waals surface area contributed by atoms with E-state index >= 15 is 0 Å². The molecule has 1 N–H and O–H groups in total. The number of benzene rings is 1. The number of anilines is 1. The molecule has 0 radical (unpaired) electrons. The van der Waals surface area contributed by atoms with Crippen LogP contribution in [0.3, 0.4) is 0 Å². The normalized spacial score (nSPS) is 12.1. The Hall–Kier alpha value is -1.63. The van der Waals surface area contributed by atoms with Crippen LogP contribution in [0.2, 0.25) is 0 Å². The lowest BCUT2D eigenvalue weighted by Gasteiger charge is -2.17. The molecule has 0 saturated heterocycles. The van der Waals surface area contributed by atoms with Crippen molar-refractivity contribution in [3.8, 4) is 0 Å². The zero-order valence-corrected chi connectivity index (χ0v) is 14.4. The number of rotatable bonds is 7. The number of ether oxygens (including phenoxy) is 1. The largest absolute Gasteiger partial charge is 0.462 e. The van der Waals surface area contributed by atoms with Crippen LogP contribution in [0.15, 0.2) is 17.0 Å². The molecule has 23 heavy (non-hydrogen) atoms. The molecule has 1 atom stereocenters. The summed E-state index contributed by atoms with van der Waals surface area (Å²) in [6, 6.07) is 1.91. The molecule has 0 aromatic heterocycles. The van der Waals surface area contributed by atoms with Gasteiger partial charge in [-0.1, -0.05) is 13.8 Å². The maximum atomic E-state index is 13.9. The van der Waals surface area contributed by atoms with Gasteiger partial charge in [0.15, 0.2) is 0 Å². The predicted octanol–water partition coefficient (Wildman–Crippen LogP) is 4.14. The lowest BCUT2D eigenvalue weighted by Crippen LogP contribution is -2.23. The Morgan fingerprint density at radius 1 is 1.22 bits per heavy atom. The number of thioether (sulfide) groups is 1. The van der Waals surface area contributed by atoms with E-state index in [-0.39, 0.29) is 29.0 Å². The minimum atomic E-state index is -0.855. The van der Waals surface area contributed by atoms with E-state index in [0.717, 1.165) is 11.8 Å². The highest BCUT2D eigenvalue weighted by atomic mass is 32.2. The molecule has 1 aromatic rings. The van der Waals surface area contributed by atoms with Crippen LogP contribution >= 0.6 is 11.8 Å². The van der Waals surface area contributed by atoms with Gasteiger partial charge in [-0.25, -0.2) is 8.78 Å². The Morgan fingerprint density at radius 2 is 1.87 bits per heavy atom. The summed E-state index contributed by atoms with van der Waals surface area (Å²) in [6.07, 6.45) is 0.344. The molecule has 1 rings (SSSR count).